The smallest absolute Gasteiger partial charge is 0.0929 e. The summed E-state index contributed by atoms with van der Waals surface area (Å²) in [6.45, 7) is 3.99. The highest BCUT2D eigenvalue weighted by molar-refractivity contribution is 6.33. The third-order valence-corrected chi connectivity index (χ3v) is 3.18. The van der Waals surface area contributed by atoms with E-state index in [4.69, 9.17) is 27.9 Å². The van der Waals surface area contributed by atoms with Crippen LogP contribution in [0, 0.1) is 5.92 Å². The first kappa shape index (κ1) is 15.7. The number of aliphatic hydroxyl groups is 1. The predicted octanol–water partition coefficient (Wildman–Crippen LogP) is 2.90. The first-order valence-electron chi connectivity index (χ1n) is 5.87. The van der Waals surface area contributed by atoms with Crippen molar-refractivity contribution < 1.29 is 9.84 Å². The molecule has 18 heavy (non-hydrogen) atoms. The molecule has 0 aliphatic heterocycles. The molecule has 0 aliphatic rings. The minimum Gasteiger partial charge on any atom is -0.387 e. The summed E-state index contributed by atoms with van der Waals surface area (Å²) < 4.78 is 5.04. The van der Waals surface area contributed by atoms with Gasteiger partial charge in [-0.05, 0) is 24.1 Å². The van der Waals surface area contributed by atoms with Gasteiger partial charge in [-0.3, -0.25) is 0 Å². The van der Waals surface area contributed by atoms with Gasteiger partial charge in [0.2, 0.25) is 0 Å². The second-order valence-corrected chi connectivity index (χ2v) is 5.24. The molecule has 0 aliphatic carbocycles. The largest absolute Gasteiger partial charge is 0.387 e. The number of ether oxygens (including phenoxy) is 1. The second kappa shape index (κ2) is 7.97. The van der Waals surface area contributed by atoms with Gasteiger partial charge in [0, 0.05) is 42.4 Å². The van der Waals surface area contributed by atoms with Gasteiger partial charge in [0.1, 0.15) is 0 Å². The molecular formula is C13H19Cl2NO2. The first-order valence-corrected chi connectivity index (χ1v) is 6.62. The van der Waals surface area contributed by atoms with E-state index in [-0.39, 0.29) is 0 Å². The van der Waals surface area contributed by atoms with E-state index in [9.17, 15) is 5.11 Å². The molecule has 1 aromatic rings. The molecule has 2 atom stereocenters. The Kier molecular flexibility index (Phi) is 6.97. The highest BCUT2D eigenvalue weighted by atomic mass is 35.5. The monoisotopic (exact) mass is 291 g/mol. The third kappa shape index (κ3) is 5.12. The molecule has 0 fully saturated rings. The Balaban J connectivity index is 2.45. The highest BCUT2D eigenvalue weighted by Gasteiger charge is 2.12. The normalized spacial score (nSPS) is 14.5. The molecule has 0 bridgehead atoms. The topological polar surface area (TPSA) is 41.5 Å². The lowest BCUT2D eigenvalue weighted by molar-refractivity contribution is 0.147. The maximum absolute atomic E-state index is 10.0. The molecule has 3 nitrogen and oxygen atoms in total. The molecule has 0 amide bonds. The van der Waals surface area contributed by atoms with E-state index in [2.05, 4.69) is 12.2 Å². The molecule has 5 heteroatoms. The molecule has 0 spiro atoms. The van der Waals surface area contributed by atoms with E-state index < -0.39 is 6.10 Å². The molecular weight excluding hydrogens is 273 g/mol. The number of benzene rings is 1. The van der Waals surface area contributed by atoms with Crippen molar-refractivity contribution in [3.05, 3.63) is 33.8 Å². The standard InChI is InChI=1S/C13H19Cl2NO2/c1-9(8-18-2)6-16-7-13(17)11-5-10(14)3-4-12(11)15/h3-5,9,13,16-17H,6-8H2,1-2H3. The maximum atomic E-state index is 10.0. The lowest BCUT2D eigenvalue weighted by atomic mass is 10.1. The number of methoxy groups -OCH3 is 1. The van der Waals surface area contributed by atoms with Gasteiger partial charge in [0.15, 0.2) is 0 Å². The molecule has 2 unspecified atom stereocenters. The molecule has 0 saturated carbocycles. The van der Waals surface area contributed by atoms with Crippen LogP contribution in [0.5, 0.6) is 0 Å². The zero-order chi connectivity index (χ0) is 13.5. The zero-order valence-electron chi connectivity index (χ0n) is 10.6. The second-order valence-electron chi connectivity index (χ2n) is 4.40. The van der Waals surface area contributed by atoms with E-state index in [1.165, 1.54) is 0 Å². The number of halogens is 2. The molecule has 102 valence electrons. The van der Waals surface area contributed by atoms with E-state index in [0.29, 0.717) is 34.7 Å². The average molecular weight is 292 g/mol. The Morgan fingerprint density at radius 2 is 2.06 bits per heavy atom. The Labute approximate surface area is 118 Å². The van der Waals surface area contributed by atoms with E-state index in [1.54, 1.807) is 25.3 Å². The third-order valence-electron chi connectivity index (χ3n) is 2.60. The van der Waals surface area contributed by atoms with Gasteiger partial charge < -0.3 is 15.2 Å². The minimum absolute atomic E-state index is 0.400. The molecule has 0 radical (unpaired) electrons. The Hall–Kier alpha value is -0.320. The zero-order valence-corrected chi connectivity index (χ0v) is 12.1. The molecule has 2 N–H and O–H groups in total. The van der Waals surface area contributed by atoms with Crippen molar-refractivity contribution in [2.75, 3.05) is 26.8 Å². The van der Waals surface area contributed by atoms with Gasteiger partial charge >= 0.3 is 0 Å². The number of hydrogen-bond acceptors (Lipinski definition) is 3. The molecule has 1 aromatic carbocycles. The van der Waals surface area contributed by atoms with Crippen molar-refractivity contribution in [1.29, 1.82) is 0 Å². The summed E-state index contributed by atoms with van der Waals surface area (Å²) >= 11 is 11.9. The molecule has 0 aromatic heterocycles. The van der Waals surface area contributed by atoms with Gasteiger partial charge in [-0.15, -0.1) is 0 Å². The number of nitrogens with one attached hydrogen (secondary N) is 1. The van der Waals surface area contributed by atoms with Crippen molar-refractivity contribution in [2.24, 2.45) is 5.92 Å². The first-order chi connectivity index (χ1) is 8.54. The minimum atomic E-state index is -0.661. The Morgan fingerprint density at radius 1 is 1.33 bits per heavy atom. The summed E-state index contributed by atoms with van der Waals surface area (Å²) in [5.74, 6) is 0.400. The fourth-order valence-electron chi connectivity index (χ4n) is 1.69. The molecule has 1 rings (SSSR count). The van der Waals surface area contributed by atoms with Gasteiger partial charge in [0.05, 0.1) is 6.10 Å². The quantitative estimate of drug-likeness (QED) is 0.812. The average Bonchev–Trinajstić information content (AvgIpc) is 2.32. The predicted molar refractivity (Wildman–Crippen MR) is 75.3 cm³/mol. The summed E-state index contributed by atoms with van der Waals surface area (Å²) in [5.41, 5.74) is 0.649. The van der Waals surface area contributed by atoms with Gasteiger partial charge in [0.25, 0.3) is 0 Å². The molecule has 0 heterocycles. The maximum Gasteiger partial charge on any atom is 0.0929 e. The van der Waals surface area contributed by atoms with Crippen LogP contribution < -0.4 is 5.32 Å². The van der Waals surface area contributed by atoms with Crippen LogP contribution in [0.3, 0.4) is 0 Å². The fraction of sp³-hybridized carbons (Fsp3) is 0.538. The summed E-state index contributed by atoms with van der Waals surface area (Å²) in [7, 11) is 1.68. The summed E-state index contributed by atoms with van der Waals surface area (Å²) in [6.07, 6.45) is -0.661. The van der Waals surface area contributed by atoms with Crippen molar-refractivity contribution in [3.63, 3.8) is 0 Å². The van der Waals surface area contributed by atoms with E-state index in [1.807, 2.05) is 0 Å². The molecule has 0 saturated heterocycles. The summed E-state index contributed by atoms with van der Waals surface area (Å²) in [4.78, 5) is 0. The lowest BCUT2D eigenvalue weighted by Gasteiger charge is -2.16. The number of hydrogen-bond donors (Lipinski definition) is 2. The van der Waals surface area contributed by atoms with Crippen LogP contribution >= 0.6 is 23.2 Å². The van der Waals surface area contributed by atoms with E-state index in [0.717, 1.165) is 6.54 Å². The van der Waals surface area contributed by atoms with Gasteiger partial charge in [-0.25, -0.2) is 0 Å². The fourth-order valence-corrected chi connectivity index (χ4v) is 2.11. The number of aliphatic hydroxyl groups excluding tert-OH is 1. The van der Waals surface area contributed by atoms with Crippen LogP contribution in [0.2, 0.25) is 10.0 Å². The Bertz CT molecular complexity index is 374. The van der Waals surface area contributed by atoms with Crippen molar-refractivity contribution in [1.82, 2.24) is 5.32 Å². The van der Waals surface area contributed by atoms with E-state index >= 15 is 0 Å². The van der Waals surface area contributed by atoms with Crippen molar-refractivity contribution >= 4 is 23.2 Å². The SMILES string of the molecule is COCC(C)CNCC(O)c1cc(Cl)ccc1Cl. The van der Waals surface area contributed by atoms with Crippen molar-refractivity contribution in [3.8, 4) is 0 Å². The van der Waals surface area contributed by atoms with Gasteiger partial charge in [-0.2, -0.15) is 0 Å². The summed E-state index contributed by atoms with van der Waals surface area (Å²) in [5, 5.41) is 14.3. The van der Waals surface area contributed by atoms with Crippen molar-refractivity contribution in [2.45, 2.75) is 13.0 Å². The lowest BCUT2D eigenvalue weighted by Crippen LogP contribution is -2.28. The van der Waals surface area contributed by atoms with Gasteiger partial charge in [-0.1, -0.05) is 30.1 Å². The Morgan fingerprint density at radius 3 is 2.72 bits per heavy atom. The number of rotatable bonds is 7. The van der Waals surface area contributed by atoms with Crippen LogP contribution in [-0.4, -0.2) is 31.9 Å². The summed E-state index contributed by atoms with van der Waals surface area (Å²) in [6, 6.07) is 5.08. The van der Waals surface area contributed by atoms with Crippen LogP contribution in [0.15, 0.2) is 18.2 Å². The van der Waals surface area contributed by atoms with Crippen LogP contribution in [0.1, 0.15) is 18.6 Å². The highest BCUT2D eigenvalue weighted by Crippen LogP contribution is 2.25. The van der Waals surface area contributed by atoms with Crippen LogP contribution in [0.4, 0.5) is 0 Å². The van der Waals surface area contributed by atoms with Crippen LogP contribution in [-0.2, 0) is 4.74 Å². The van der Waals surface area contributed by atoms with Crippen LogP contribution in [0.25, 0.3) is 0 Å².